The quantitative estimate of drug-likeness (QED) is 0.820. The van der Waals surface area contributed by atoms with Crippen molar-refractivity contribution >= 4 is 17.5 Å². The van der Waals surface area contributed by atoms with Gasteiger partial charge in [0.15, 0.2) is 0 Å². The SMILES string of the molecule is Cc1noc(Cl)c1CCC(=O)NC(CN)C1CC1. The van der Waals surface area contributed by atoms with E-state index in [0.717, 1.165) is 11.3 Å². The van der Waals surface area contributed by atoms with Gasteiger partial charge in [0, 0.05) is 24.6 Å². The number of nitrogens with one attached hydrogen (secondary N) is 1. The van der Waals surface area contributed by atoms with Crippen LogP contribution >= 0.6 is 11.6 Å². The summed E-state index contributed by atoms with van der Waals surface area (Å²) in [6, 6.07) is 0.122. The topological polar surface area (TPSA) is 81.2 Å². The molecule has 0 aliphatic heterocycles. The highest BCUT2D eigenvalue weighted by Crippen LogP contribution is 2.32. The fourth-order valence-electron chi connectivity index (χ4n) is 2.03. The highest BCUT2D eigenvalue weighted by molar-refractivity contribution is 6.29. The highest BCUT2D eigenvalue weighted by atomic mass is 35.5. The molecule has 1 fully saturated rings. The van der Waals surface area contributed by atoms with Crippen LogP contribution in [-0.2, 0) is 11.2 Å². The standard InChI is InChI=1S/C12H18ClN3O2/c1-7-9(12(13)18-16-7)4-5-11(17)15-10(6-14)8-2-3-8/h8,10H,2-6,14H2,1H3,(H,15,17). The van der Waals surface area contributed by atoms with Crippen molar-refractivity contribution in [1.29, 1.82) is 0 Å². The summed E-state index contributed by atoms with van der Waals surface area (Å²) < 4.78 is 4.84. The molecule has 100 valence electrons. The second-order valence-electron chi connectivity index (χ2n) is 4.77. The Morgan fingerprint density at radius 1 is 1.67 bits per heavy atom. The Balaban J connectivity index is 1.81. The number of carbonyl (C=O) groups excluding carboxylic acids is 1. The van der Waals surface area contributed by atoms with E-state index < -0.39 is 0 Å². The van der Waals surface area contributed by atoms with E-state index in [2.05, 4.69) is 10.5 Å². The molecular formula is C12H18ClN3O2. The number of amides is 1. The molecule has 1 amide bonds. The minimum absolute atomic E-state index is 0.00835. The number of aromatic nitrogens is 1. The summed E-state index contributed by atoms with van der Waals surface area (Å²) in [5, 5.41) is 7.00. The molecule has 0 aromatic carbocycles. The van der Waals surface area contributed by atoms with Crippen molar-refractivity contribution in [3.05, 3.63) is 16.5 Å². The molecule has 1 aromatic heterocycles. The van der Waals surface area contributed by atoms with Gasteiger partial charge < -0.3 is 15.6 Å². The van der Waals surface area contributed by atoms with Gasteiger partial charge in [-0.15, -0.1) is 0 Å². The van der Waals surface area contributed by atoms with Gasteiger partial charge in [-0.05, 0) is 43.7 Å². The van der Waals surface area contributed by atoms with Crippen LogP contribution in [0.15, 0.2) is 4.52 Å². The summed E-state index contributed by atoms with van der Waals surface area (Å²) >= 11 is 5.84. The van der Waals surface area contributed by atoms with E-state index in [1.807, 2.05) is 6.92 Å². The van der Waals surface area contributed by atoms with Crippen LogP contribution in [0.25, 0.3) is 0 Å². The number of hydrogen-bond acceptors (Lipinski definition) is 4. The van der Waals surface area contributed by atoms with E-state index in [1.54, 1.807) is 0 Å². The van der Waals surface area contributed by atoms with Crippen LogP contribution in [0.3, 0.4) is 0 Å². The number of halogens is 1. The smallest absolute Gasteiger partial charge is 0.229 e. The maximum Gasteiger partial charge on any atom is 0.229 e. The average Bonchev–Trinajstić information content (AvgIpc) is 3.13. The molecule has 1 aliphatic carbocycles. The molecule has 1 aliphatic rings. The highest BCUT2D eigenvalue weighted by Gasteiger charge is 2.31. The lowest BCUT2D eigenvalue weighted by molar-refractivity contribution is -0.121. The lowest BCUT2D eigenvalue weighted by Gasteiger charge is -2.15. The summed E-state index contributed by atoms with van der Waals surface area (Å²) in [7, 11) is 0. The molecule has 2 rings (SSSR count). The maximum absolute atomic E-state index is 11.8. The number of aryl methyl sites for hydroxylation is 1. The van der Waals surface area contributed by atoms with Gasteiger partial charge >= 0.3 is 0 Å². The molecule has 0 saturated heterocycles. The number of carbonyl (C=O) groups is 1. The summed E-state index contributed by atoms with van der Waals surface area (Å²) in [5.74, 6) is 0.578. The molecule has 6 heteroatoms. The monoisotopic (exact) mass is 271 g/mol. The normalized spacial score (nSPS) is 16.6. The zero-order valence-electron chi connectivity index (χ0n) is 10.4. The summed E-state index contributed by atoms with van der Waals surface area (Å²) in [4.78, 5) is 11.8. The third kappa shape index (κ3) is 3.23. The van der Waals surface area contributed by atoms with Crippen molar-refractivity contribution < 1.29 is 9.32 Å². The fourth-order valence-corrected chi connectivity index (χ4v) is 2.29. The predicted molar refractivity (Wildman–Crippen MR) is 68.3 cm³/mol. The van der Waals surface area contributed by atoms with Gasteiger partial charge in [-0.3, -0.25) is 4.79 Å². The first-order chi connectivity index (χ1) is 8.61. The van der Waals surface area contributed by atoms with E-state index in [9.17, 15) is 4.79 Å². The van der Waals surface area contributed by atoms with Crippen molar-refractivity contribution in [2.24, 2.45) is 11.7 Å². The summed E-state index contributed by atoms with van der Waals surface area (Å²) in [5.41, 5.74) is 7.19. The van der Waals surface area contributed by atoms with E-state index in [-0.39, 0.29) is 17.2 Å². The zero-order valence-corrected chi connectivity index (χ0v) is 11.2. The van der Waals surface area contributed by atoms with Crippen molar-refractivity contribution in [3.63, 3.8) is 0 Å². The predicted octanol–water partition coefficient (Wildman–Crippen LogP) is 1.42. The Kier molecular flexibility index (Phi) is 4.24. The van der Waals surface area contributed by atoms with Gasteiger partial charge in [0.1, 0.15) is 0 Å². The van der Waals surface area contributed by atoms with Gasteiger partial charge in [-0.25, -0.2) is 0 Å². The maximum atomic E-state index is 11.8. The van der Waals surface area contributed by atoms with Gasteiger partial charge in [-0.2, -0.15) is 0 Å². The third-order valence-electron chi connectivity index (χ3n) is 3.33. The van der Waals surface area contributed by atoms with Crippen molar-refractivity contribution in [1.82, 2.24) is 10.5 Å². The molecule has 0 bridgehead atoms. The van der Waals surface area contributed by atoms with Crippen LogP contribution in [-0.4, -0.2) is 23.7 Å². The van der Waals surface area contributed by atoms with Crippen LogP contribution in [0, 0.1) is 12.8 Å². The molecule has 1 heterocycles. The molecule has 1 aromatic rings. The molecular weight excluding hydrogens is 254 g/mol. The van der Waals surface area contributed by atoms with Gasteiger partial charge in [0.2, 0.25) is 11.1 Å². The molecule has 1 saturated carbocycles. The van der Waals surface area contributed by atoms with Crippen LogP contribution in [0.5, 0.6) is 0 Å². The number of rotatable bonds is 6. The van der Waals surface area contributed by atoms with Crippen LogP contribution in [0.4, 0.5) is 0 Å². The van der Waals surface area contributed by atoms with E-state index in [1.165, 1.54) is 12.8 Å². The van der Waals surface area contributed by atoms with Crippen LogP contribution in [0.1, 0.15) is 30.5 Å². The molecule has 18 heavy (non-hydrogen) atoms. The van der Waals surface area contributed by atoms with Crippen LogP contribution < -0.4 is 11.1 Å². The van der Waals surface area contributed by atoms with Crippen molar-refractivity contribution in [3.8, 4) is 0 Å². The third-order valence-corrected chi connectivity index (χ3v) is 3.63. The molecule has 0 radical (unpaired) electrons. The van der Waals surface area contributed by atoms with Gasteiger partial charge in [0.25, 0.3) is 0 Å². The number of nitrogens with zero attached hydrogens (tertiary/aromatic N) is 1. The minimum atomic E-state index is 0.00835. The first-order valence-electron chi connectivity index (χ1n) is 6.22. The Morgan fingerprint density at radius 3 is 2.89 bits per heavy atom. The Hall–Kier alpha value is -1.07. The Bertz CT molecular complexity index is 409. The van der Waals surface area contributed by atoms with Crippen molar-refractivity contribution in [2.45, 2.75) is 38.6 Å². The molecule has 0 spiro atoms. The average molecular weight is 272 g/mol. The number of nitrogens with two attached hydrogens (primary N) is 1. The van der Waals surface area contributed by atoms with Crippen molar-refractivity contribution in [2.75, 3.05) is 6.54 Å². The van der Waals surface area contributed by atoms with Crippen LogP contribution in [0.2, 0.25) is 5.22 Å². The van der Waals surface area contributed by atoms with Gasteiger partial charge in [0.05, 0.1) is 5.69 Å². The Labute approximate surface area is 111 Å². The summed E-state index contributed by atoms with van der Waals surface area (Å²) in [6.45, 7) is 2.32. The van der Waals surface area contributed by atoms with E-state index in [0.29, 0.717) is 25.3 Å². The molecule has 1 unspecified atom stereocenters. The largest absolute Gasteiger partial charge is 0.352 e. The molecule has 1 atom stereocenters. The lowest BCUT2D eigenvalue weighted by atomic mass is 10.1. The second kappa shape index (κ2) is 5.71. The Morgan fingerprint density at radius 2 is 2.39 bits per heavy atom. The second-order valence-corrected chi connectivity index (χ2v) is 5.11. The molecule has 5 nitrogen and oxygen atoms in total. The van der Waals surface area contributed by atoms with E-state index >= 15 is 0 Å². The van der Waals surface area contributed by atoms with E-state index in [4.69, 9.17) is 21.9 Å². The van der Waals surface area contributed by atoms with Gasteiger partial charge in [-0.1, -0.05) is 5.16 Å². The fraction of sp³-hybridized carbons (Fsp3) is 0.667. The summed E-state index contributed by atoms with van der Waals surface area (Å²) in [6.07, 6.45) is 3.25. The first kappa shape index (κ1) is 13.4. The zero-order chi connectivity index (χ0) is 13.1. The first-order valence-corrected chi connectivity index (χ1v) is 6.59. The molecule has 3 N–H and O–H groups in total. The minimum Gasteiger partial charge on any atom is -0.352 e. The number of hydrogen-bond donors (Lipinski definition) is 2. The lowest BCUT2D eigenvalue weighted by Crippen LogP contribution is -2.41.